The smallest absolute Gasteiger partial charge is 0.278 e. The fraction of sp³-hybridized carbons (Fsp3) is 0.300. The van der Waals surface area contributed by atoms with Gasteiger partial charge in [0.1, 0.15) is 23.7 Å². The normalized spacial score (nSPS) is 19.3. The first kappa shape index (κ1) is 25.1. The summed E-state index contributed by atoms with van der Waals surface area (Å²) >= 11 is 2.16. The molecule has 4 rings (SSSR count). The summed E-state index contributed by atoms with van der Waals surface area (Å²) < 4.78 is 5.64. The van der Waals surface area contributed by atoms with Gasteiger partial charge in [0, 0.05) is 28.9 Å². The Morgan fingerprint density at radius 1 is 1.47 bits per heavy atom. The molecule has 0 spiro atoms. The van der Waals surface area contributed by atoms with E-state index in [2.05, 4.69) is 25.1 Å². The summed E-state index contributed by atoms with van der Waals surface area (Å²) in [5.41, 5.74) is 6.06. The summed E-state index contributed by atoms with van der Waals surface area (Å²) in [6.45, 7) is 2.01. The number of oxime groups is 1. The van der Waals surface area contributed by atoms with Crippen LogP contribution < -0.4 is 26.0 Å². The number of amides is 3. The quantitative estimate of drug-likeness (QED) is 0.0995. The molecule has 2 aromatic heterocycles. The molecule has 0 bridgehead atoms. The number of hydrogen-bond acceptors (Lipinski definition) is 12. The number of nitrogens with zero attached hydrogens (tertiary/aromatic N) is 5. The van der Waals surface area contributed by atoms with Crippen molar-refractivity contribution in [3.63, 3.8) is 0 Å². The lowest BCUT2D eigenvalue weighted by molar-refractivity contribution is -0.688. The van der Waals surface area contributed by atoms with Gasteiger partial charge in [-0.3, -0.25) is 19.3 Å². The molecule has 2 atom stereocenters. The molecule has 0 saturated carbocycles. The maximum atomic E-state index is 13.0. The van der Waals surface area contributed by atoms with Gasteiger partial charge in [0.25, 0.3) is 11.8 Å². The Bertz CT molecular complexity index is 1280. The van der Waals surface area contributed by atoms with E-state index in [1.165, 1.54) is 11.8 Å². The second-order valence-corrected chi connectivity index (χ2v) is 9.33. The van der Waals surface area contributed by atoms with E-state index in [4.69, 9.17) is 10.6 Å². The summed E-state index contributed by atoms with van der Waals surface area (Å²) in [7, 11) is 0. The van der Waals surface area contributed by atoms with Crippen molar-refractivity contribution >= 4 is 64.0 Å². The predicted molar refractivity (Wildman–Crippen MR) is 126 cm³/mol. The van der Waals surface area contributed by atoms with Crippen molar-refractivity contribution in [1.82, 2.24) is 19.6 Å². The molecule has 1 fully saturated rings. The van der Waals surface area contributed by atoms with E-state index in [-0.39, 0.29) is 41.3 Å². The molecule has 36 heavy (non-hydrogen) atoms. The highest BCUT2D eigenvalue weighted by atomic mass is 32.2. The number of aromatic nitrogens is 3. The van der Waals surface area contributed by atoms with Crippen LogP contribution in [0, 0.1) is 0 Å². The molecule has 14 nitrogen and oxygen atoms in total. The average Bonchev–Trinajstić information content (AvgIpc) is 3.28. The van der Waals surface area contributed by atoms with Gasteiger partial charge in [-0.25, -0.2) is 0 Å². The molecular formula is C20H20N8O6S2. The van der Waals surface area contributed by atoms with Crippen LogP contribution in [0.5, 0.6) is 0 Å². The lowest BCUT2D eigenvalue weighted by Gasteiger charge is -2.50. The first-order valence-corrected chi connectivity index (χ1v) is 12.3. The Kier molecular flexibility index (Phi) is 7.44. The van der Waals surface area contributed by atoms with E-state index in [0.717, 1.165) is 16.4 Å². The number of nitrogens with one attached hydrogen (secondary N) is 2. The van der Waals surface area contributed by atoms with Crippen molar-refractivity contribution in [2.24, 2.45) is 5.16 Å². The molecule has 4 heterocycles. The molecule has 1 unspecified atom stereocenters. The minimum absolute atomic E-state index is 0.0516. The number of fused-ring (bicyclic) bond motifs is 1. The number of anilines is 2. The fourth-order valence-electron chi connectivity index (χ4n) is 3.64. The zero-order chi connectivity index (χ0) is 25.8. The fourth-order valence-corrected chi connectivity index (χ4v) is 5.41. The number of pyridine rings is 1. The summed E-state index contributed by atoms with van der Waals surface area (Å²) in [5.74, 6) is -2.66. The van der Waals surface area contributed by atoms with Crippen molar-refractivity contribution in [1.29, 1.82) is 0 Å². The third-order valence-electron chi connectivity index (χ3n) is 5.14. The lowest BCUT2D eigenvalue weighted by atomic mass is 10.0. The molecule has 3 amide bonds. The molecule has 0 aromatic carbocycles. The van der Waals surface area contributed by atoms with Crippen LogP contribution >= 0.6 is 23.3 Å². The molecule has 188 valence electrons. The van der Waals surface area contributed by atoms with Crippen LogP contribution in [0.25, 0.3) is 0 Å². The maximum absolute atomic E-state index is 13.0. The Labute approximate surface area is 212 Å². The summed E-state index contributed by atoms with van der Waals surface area (Å²) in [4.78, 5) is 58.6. The number of hydrogen-bond donors (Lipinski definition) is 3. The summed E-state index contributed by atoms with van der Waals surface area (Å²) in [6.07, 6.45) is 3.86. The Morgan fingerprint density at radius 2 is 2.28 bits per heavy atom. The van der Waals surface area contributed by atoms with Crippen LogP contribution in [-0.2, 0) is 30.6 Å². The van der Waals surface area contributed by atoms with Gasteiger partial charge in [-0.1, -0.05) is 5.16 Å². The van der Waals surface area contributed by atoms with Crippen molar-refractivity contribution < 1.29 is 33.7 Å². The number of aliphatic carboxylic acids is 1. The number of β-lactam (4-membered cyclic amide) rings is 1. The molecule has 2 aliphatic rings. The molecule has 2 aromatic rings. The standard InChI is InChI=1S/C20H20N8O6S2/c1-2-34-25-12(15-24-20(21)36-26-15)16(30)23-13-17(31)28-14(19(32)33)10(8-35-18(13)28)6-27-5-3-4-11(7-27)22-9-29/h3-5,7,9,13,18H,2,6,8H2,1H3,(H4-,21,22,23,24,26,29,30,32,33)/t13?,18-/m0/s1. The van der Waals surface area contributed by atoms with Crippen molar-refractivity contribution in [3.8, 4) is 0 Å². The SMILES string of the molecule is CCON=C(C(=O)NC1C(=O)N2C(C(=O)[O-])=C(C[n+]3cccc(NC=O)c3)CS[C@@H]12)c1nsc(N)n1. The minimum atomic E-state index is -1.50. The summed E-state index contributed by atoms with van der Waals surface area (Å²) in [5, 5.41) is 20.3. The number of nitrogen functional groups attached to an aromatic ring is 1. The van der Waals surface area contributed by atoms with E-state index in [1.54, 1.807) is 36.0 Å². The van der Waals surface area contributed by atoms with E-state index in [1.807, 2.05) is 0 Å². The van der Waals surface area contributed by atoms with Crippen LogP contribution in [0.1, 0.15) is 12.7 Å². The van der Waals surface area contributed by atoms with Gasteiger partial charge >= 0.3 is 0 Å². The number of carbonyl (C=O) groups excluding carboxylic acids is 4. The van der Waals surface area contributed by atoms with Gasteiger partial charge < -0.3 is 31.1 Å². The van der Waals surface area contributed by atoms with Gasteiger partial charge in [-0.15, -0.1) is 11.8 Å². The van der Waals surface area contributed by atoms with Crippen LogP contribution in [0.4, 0.5) is 10.8 Å². The van der Waals surface area contributed by atoms with Crippen LogP contribution in [0.3, 0.4) is 0 Å². The van der Waals surface area contributed by atoms with Gasteiger partial charge in [-0.2, -0.15) is 13.9 Å². The van der Waals surface area contributed by atoms with E-state index < -0.39 is 29.2 Å². The first-order chi connectivity index (χ1) is 17.3. The summed E-state index contributed by atoms with van der Waals surface area (Å²) in [6, 6.07) is 2.36. The third kappa shape index (κ3) is 4.99. The predicted octanol–water partition coefficient (Wildman–Crippen LogP) is -2.18. The van der Waals surface area contributed by atoms with Gasteiger partial charge in [0.2, 0.25) is 17.9 Å². The van der Waals surface area contributed by atoms with Crippen LogP contribution in [0.2, 0.25) is 0 Å². The largest absolute Gasteiger partial charge is 0.543 e. The molecule has 0 aliphatic carbocycles. The molecule has 16 heteroatoms. The molecule has 1 saturated heterocycles. The number of thioether (sulfide) groups is 1. The highest BCUT2D eigenvalue weighted by Gasteiger charge is 2.53. The molecular weight excluding hydrogens is 512 g/mol. The second kappa shape index (κ2) is 10.7. The van der Waals surface area contributed by atoms with Crippen molar-refractivity contribution in [2.45, 2.75) is 24.9 Å². The molecule has 4 N–H and O–H groups in total. The van der Waals surface area contributed by atoms with Crippen LogP contribution in [0.15, 0.2) is 41.0 Å². The molecule has 2 aliphatic heterocycles. The number of carboxylic acid groups (broad SMARTS) is 1. The van der Waals surface area contributed by atoms with Gasteiger partial charge in [-0.05, 0) is 13.0 Å². The zero-order valence-corrected chi connectivity index (χ0v) is 20.4. The average molecular weight is 533 g/mol. The van der Waals surface area contributed by atoms with Gasteiger partial charge in [0.15, 0.2) is 24.1 Å². The number of carboxylic acids is 1. The maximum Gasteiger partial charge on any atom is 0.278 e. The number of carbonyl (C=O) groups is 4. The highest BCUT2D eigenvalue weighted by molar-refractivity contribution is 8.00. The van der Waals surface area contributed by atoms with E-state index in [9.17, 15) is 24.3 Å². The van der Waals surface area contributed by atoms with Crippen molar-refractivity contribution in [2.75, 3.05) is 23.4 Å². The monoisotopic (exact) mass is 532 g/mol. The Balaban J connectivity index is 1.53. The van der Waals surface area contributed by atoms with E-state index >= 15 is 0 Å². The number of nitrogens with two attached hydrogens (primary N) is 1. The second-order valence-electron chi connectivity index (χ2n) is 7.44. The Morgan fingerprint density at radius 3 is 2.94 bits per heavy atom. The van der Waals surface area contributed by atoms with E-state index in [0.29, 0.717) is 17.7 Å². The number of rotatable bonds is 10. The Hall–Kier alpha value is -4.05. The zero-order valence-electron chi connectivity index (χ0n) is 18.7. The van der Waals surface area contributed by atoms with Gasteiger partial charge in [0.05, 0.1) is 11.7 Å². The lowest BCUT2D eigenvalue weighted by Crippen LogP contribution is -2.71. The topological polar surface area (TPSA) is 196 Å². The highest BCUT2D eigenvalue weighted by Crippen LogP contribution is 2.40. The first-order valence-electron chi connectivity index (χ1n) is 10.5. The molecule has 0 radical (unpaired) electrons. The third-order valence-corrected chi connectivity index (χ3v) is 7.02. The van der Waals surface area contributed by atoms with Crippen LogP contribution in [-0.4, -0.2) is 67.9 Å². The minimum Gasteiger partial charge on any atom is -0.543 e. The van der Waals surface area contributed by atoms with Crippen molar-refractivity contribution in [3.05, 3.63) is 41.6 Å².